The van der Waals surface area contributed by atoms with Crippen LogP contribution in [0.3, 0.4) is 0 Å². The molecule has 9 nitrogen and oxygen atoms in total. The number of hydrogen-bond acceptors (Lipinski definition) is 5. The summed E-state index contributed by atoms with van der Waals surface area (Å²) in [6.45, 7) is -4.67. The number of amides is 3. The van der Waals surface area contributed by atoms with E-state index in [2.05, 4.69) is 5.10 Å². The van der Waals surface area contributed by atoms with E-state index >= 15 is 0 Å². The highest BCUT2D eigenvalue weighted by Crippen LogP contribution is 2.31. The highest BCUT2D eigenvalue weighted by atomic mass is 16.5. The maximum Gasteiger partial charge on any atom is 0.277 e. The van der Waals surface area contributed by atoms with Crippen LogP contribution in [-0.2, 0) is 11.2 Å². The molecule has 2 aliphatic rings. The summed E-state index contributed by atoms with van der Waals surface area (Å²) < 4.78 is 140. The van der Waals surface area contributed by atoms with Gasteiger partial charge in [0, 0.05) is 47.4 Å². The standard InChI is InChI=1S/C25H25N5O4/c1-34-19-11-9-18(10-12-19)30-23-20(22(27-30)24(26)32)13-15-29(25(23)33)17-7-5-16(6-8-17)28-14-3-2-4-21(28)31/h5-12H,2-4,13-15H2,1H3,(H2,26,32)/i2D2,3D2,5D,6D,7D,8D,9D,10D,11D,12D,13D2,14D2. The first kappa shape index (κ1) is 10.0. The van der Waals surface area contributed by atoms with Gasteiger partial charge in [-0.05, 0) is 67.5 Å². The highest BCUT2D eigenvalue weighted by molar-refractivity contribution is 6.09. The summed E-state index contributed by atoms with van der Waals surface area (Å²) in [6.07, 6.45) is -10.5. The van der Waals surface area contributed by atoms with E-state index in [9.17, 15) is 14.4 Å². The lowest BCUT2D eigenvalue weighted by atomic mass is 10.0. The summed E-state index contributed by atoms with van der Waals surface area (Å²) in [6, 6.07) is -7.80. The van der Waals surface area contributed by atoms with E-state index in [0.717, 1.165) is 7.11 Å². The van der Waals surface area contributed by atoms with Gasteiger partial charge in [0.2, 0.25) is 5.91 Å². The van der Waals surface area contributed by atoms with Gasteiger partial charge in [0.1, 0.15) is 11.4 Å². The molecular formula is C25H25N5O4. The van der Waals surface area contributed by atoms with E-state index in [1.54, 1.807) is 0 Å². The van der Waals surface area contributed by atoms with Crippen molar-refractivity contribution in [1.82, 2.24) is 9.78 Å². The van der Waals surface area contributed by atoms with Crippen molar-refractivity contribution in [3.05, 3.63) is 65.3 Å². The lowest BCUT2D eigenvalue weighted by Gasteiger charge is -2.29. The Balaban J connectivity index is 1.78. The molecule has 9 heteroatoms. The predicted molar refractivity (Wildman–Crippen MR) is 127 cm³/mol. The van der Waals surface area contributed by atoms with Crippen molar-refractivity contribution in [2.75, 3.05) is 30.0 Å². The number of anilines is 2. The second kappa shape index (κ2) is 8.66. The summed E-state index contributed by atoms with van der Waals surface area (Å²) >= 11 is 0. The van der Waals surface area contributed by atoms with Crippen LogP contribution in [0.4, 0.5) is 11.4 Å². The normalized spacial score (nSPS) is 28.6. The van der Waals surface area contributed by atoms with Gasteiger partial charge in [-0.15, -0.1) is 0 Å². The fraction of sp³-hybridized carbons (Fsp3) is 0.280. The number of nitrogens with two attached hydrogens (primary N) is 1. The Kier molecular flexibility index (Phi) is 2.55. The van der Waals surface area contributed by atoms with Crippen molar-refractivity contribution < 1.29 is 41.1 Å². The SMILES string of the molecule is [2H]c1c([2H])c(-n2nc(C(N)=O)c3c2C(=O)N(c2c([2H])c([2H])c(N4C(=O)CC([2H])([2H])C([2H])([2H])C4([2H])[2H])c([2H])c2[2H])CC3([2H])[2H])c([2H])c([2H])c1OC. The molecule has 0 atom stereocenters. The predicted octanol–water partition coefficient (Wildman–Crippen LogP) is 2.70. The molecule has 174 valence electrons. The molecule has 3 amide bonds. The Labute approximate surface area is 219 Å². The van der Waals surface area contributed by atoms with Crippen LogP contribution in [0.25, 0.3) is 5.69 Å². The van der Waals surface area contributed by atoms with Crippen molar-refractivity contribution in [3.8, 4) is 11.4 Å². The topological polar surface area (TPSA) is 111 Å². The Hall–Kier alpha value is -4.14. The van der Waals surface area contributed by atoms with Crippen LogP contribution < -0.4 is 20.3 Å². The van der Waals surface area contributed by atoms with Crippen molar-refractivity contribution in [2.24, 2.45) is 5.73 Å². The van der Waals surface area contributed by atoms with Gasteiger partial charge in [-0.3, -0.25) is 14.4 Å². The number of carbonyl (C=O) groups excluding carboxylic acids is 3. The zero-order valence-corrected chi connectivity index (χ0v) is 17.4. The lowest BCUT2D eigenvalue weighted by molar-refractivity contribution is -0.119. The molecule has 0 saturated carbocycles. The van der Waals surface area contributed by atoms with E-state index in [1.165, 1.54) is 0 Å². The molecule has 2 aromatic carbocycles. The smallest absolute Gasteiger partial charge is 0.277 e. The van der Waals surface area contributed by atoms with Crippen LogP contribution in [0.2, 0.25) is 0 Å². The molecule has 5 rings (SSSR count). The van der Waals surface area contributed by atoms with Crippen molar-refractivity contribution in [3.63, 3.8) is 0 Å². The van der Waals surface area contributed by atoms with E-state index in [4.69, 9.17) is 32.4 Å². The molecule has 34 heavy (non-hydrogen) atoms. The third kappa shape index (κ3) is 3.68. The summed E-state index contributed by atoms with van der Waals surface area (Å²) in [5.41, 5.74) is 0.232. The molecule has 1 fully saturated rings. The molecule has 0 radical (unpaired) electrons. The molecule has 0 spiro atoms. The first-order chi connectivity index (χ1) is 22.8. The third-order valence-electron chi connectivity index (χ3n) is 4.82. The first-order valence-corrected chi connectivity index (χ1v) is 9.63. The summed E-state index contributed by atoms with van der Waals surface area (Å²) in [5.74, 6) is -4.63. The van der Waals surface area contributed by atoms with Gasteiger partial charge in [-0.2, -0.15) is 5.10 Å². The van der Waals surface area contributed by atoms with Crippen LogP contribution in [0, 0.1) is 0 Å². The number of benzene rings is 2. The van der Waals surface area contributed by atoms with Gasteiger partial charge in [-0.1, -0.05) is 0 Å². The van der Waals surface area contributed by atoms with Gasteiger partial charge in [0.15, 0.2) is 5.69 Å². The Morgan fingerprint density at radius 1 is 1.03 bits per heavy atom. The Morgan fingerprint density at radius 3 is 2.32 bits per heavy atom. The highest BCUT2D eigenvalue weighted by Gasteiger charge is 2.34. The minimum Gasteiger partial charge on any atom is -0.497 e. The number of hydrogen-bond donors (Lipinski definition) is 1. The number of fused-ring (bicyclic) bond motifs is 1. The van der Waals surface area contributed by atoms with Gasteiger partial charge in [0.05, 0.1) is 23.8 Å². The van der Waals surface area contributed by atoms with Crippen molar-refractivity contribution in [1.29, 1.82) is 0 Å². The molecule has 0 bridgehead atoms. The average Bonchev–Trinajstić information content (AvgIpc) is 3.41. The van der Waals surface area contributed by atoms with Gasteiger partial charge >= 0.3 is 0 Å². The number of ether oxygens (including phenoxy) is 1. The molecule has 0 aliphatic carbocycles. The number of nitrogens with zero attached hydrogens (tertiary/aromatic N) is 4. The number of carbonyl (C=O) groups is 3. The van der Waals surface area contributed by atoms with Gasteiger partial charge < -0.3 is 20.3 Å². The molecule has 3 aromatic rings. The molecule has 0 unspecified atom stereocenters. The largest absolute Gasteiger partial charge is 0.497 e. The van der Waals surface area contributed by atoms with Gasteiger partial charge in [-0.25, -0.2) is 4.68 Å². The van der Waals surface area contributed by atoms with E-state index in [-0.39, 0.29) is 4.90 Å². The summed E-state index contributed by atoms with van der Waals surface area (Å²) in [7, 11) is 1.08. The van der Waals surface area contributed by atoms with Crippen LogP contribution in [0.5, 0.6) is 5.75 Å². The summed E-state index contributed by atoms with van der Waals surface area (Å²) in [5, 5.41) is 3.89. The fourth-order valence-electron chi connectivity index (χ4n) is 3.24. The van der Waals surface area contributed by atoms with Crippen LogP contribution >= 0.6 is 0 Å². The van der Waals surface area contributed by atoms with Crippen molar-refractivity contribution in [2.45, 2.75) is 25.5 Å². The number of aromatic nitrogens is 2. The number of piperidine rings is 1. The molecule has 1 aromatic heterocycles. The first-order valence-electron chi connectivity index (χ1n) is 17.6. The van der Waals surface area contributed by atoms with Crippen LogP contribution in [0.1, 0.15) is 67.6 Å². The Morgan fingerprint density at radius 2 is 1.68 bits per heavy atom. The average molecular weight is 476 g/mol. The second-order valence-electron chi connectivity index (χ2n) is 6.81. The maximum atomic E-state index is 14.3. The van der Waals surface area contributed by atoms with Crippen LogP contribution in [0.15, 0.2) is 48.3 Å². The van der Waals surface area contributed by atoms with Gasteiger partial charge in [0.25, 0.3) is 11.8 Å². The molecular weight excluding hydrogens is 434 g/mol. The molecule has 2 N–H and O–H groups in total. The zero-order chi connectivity index (χ0) is 38.0. The number of methoxy groups -OCH3 is 1. The minimum atomic E-state index is -3.56. The Bertz CT molecular complexity index is 1990. The summed E-state index contributed by atoms with van der Waals surface area (Å²) in [4.78, 5) is 40.2. The quantitative estimate of drug-likeness (QED) is 0.610. The molecule has 3 heterocycles. The van der Waals surface area contributed by atoms with E-state index in [0.29, 0.717) is 9.58 Å². The second-order valence-corrected chi connectivity index (χ2v) is 6.81. The monoisotopic (exact) mass is 475 g/mol. The minimum absolute atomic E-state index is 0.0193. The van der Waals surface area contributed by atoms with E-state index in [1.807, 2.05) is 0 Å². The van der Waals surface area contributed by atoms with E-state index < -0.39 is 144 Å². The number of primary amides is 1. The maximum absolute atomic E-state index is 14.3. The molecule has 1 saturated heterocycles. The van der Waals surface area contributed by atoms with Crippen LogP contribution in [-0.4, -0.2) is 47.7 Å². The zero-order valence-electron chi connectivity index (χ0n) is 33.4. The molecule has 2 aliphatic heterocycles. The fourth-order valence-corrected chi connectivity index (χ4v) is 3.24. The number of rotatable bonds is 5. The van der Waals surface area contributed by atoms with Crippen molar-refractivity contribution >= 4 is 29.1 Å². The lowest BCUT2D eigenvalue weighted by Crippen LogP contribution is -2.39. The third-order valence-corrected chi connectivity index (χ3v) is 4.82.